The van der Waals surface area contributed by atoms with Crippen LogP contribution in [0.15, 0.2) is 30.3 Å². The summed E-state index contributed by atoms with van der Waals surface area (Å²) in [5.74, 6) is 1.67. The van der Waals surface area contributed by atoms with Gasteiger partial charge in [-0.2, -0.15) is 9.61 Å². The van der Waals surface area contributed by atoms with E-state index in [0.717, 1.165) is 80.1 Å². The van der Waals surface area contributed by atoms with Crippen LogP contribution in [-0.2, 0) is 14.8 Å². The fraction of sp³-hybridized carbons (Fsp3) is 0.500. The van der Waals surface area contributed by atoms with E-state index < -0.39 is 10.0 Å². The summed E-state index contributed by atoms with van der Waals surface area (Å²) in [6.45, 7) is 6.40. The summed E-state index contributed by atoms with van der Waals surface area (Å²) in [5.41, 5.74) is 3.06. The highest BCUT2D eigenvalue weighted by Gasteiger charge is 2.33. The number of ether oxygens (including phenoxy) is 1. The van der Waals surface area contributed by atoms with E-state index in [4.69, 9.17) is 14.8 Å². The van der Waals surface area contributed by atoms with Gasteiger partial charge in [0.2, 0.25) is 10.0 Å². The molecule has 11 nitrogen and oxygen atoms in total. The molecule has 3 fully saturated rings. The van der Waals surface area contributed by atoms with Gasteiger partial charge in [0.15, 0.2) is 5.65 Å². The van der Waals surface area contributed by atoms with Gasteiger partial charge in [-0.05, 0) is 44.7 Å². The summed E-state index contributed by atoms with van der Waals surface area (Å²) in [5, 5.41) is 4.98. The minimum absolute atomic E-state index is 0.205. The van der Waals surface area contributed by atoms with Crippen molar-refractivity contribution >= 4 is 38.9 Å². The average Bonchev–Trinajstić information content (AvgIpc) is 3.53. The normalized spacial score (nSPS) is 20.2. The number of benzene rings is 1. The Hall–Kier alpha value is -3.38. The van der Waals surface area contributed by atoms with Crippen LogP contribution in [0.4, 0.5) is 17.3 Å². The van der Waals surface area contributed by atoms with Crippen LogP contribution in [0.5, 0.6) is 0 Å². The molecular formula is C26H33N7O4S. The van der Waals surface area contributed by atoms with Crippen molar-refractivity contribution in [2.24, 2.45) is 0 Å². The first-order valence-corrected chi connectivity index (χ1v) is 15.0. The number of nitrogens with one attached hydrogen (secondary N) is 1. The van der Waals surface area contributed by atoms with Crippen LogP contribution in [0.1, 0.15) is 53.3 Å². The molecule has 2 aromatic heterocycles. The van der Waals surface area contributed by atoms with Gasteiger partial charge in [0.25, 0.3) is 5.91 Å². The van der Waals surface area contributed by atoms with Gasteiger partial charge < -0.3 is 19.4 Å². The van der Waals surface area contributed by atoms with Gasteiger partial charge in [-0.1, -0.05) is 11.6 Å². The average molecular weight is 540 g/mol. The van der Waals surface area contributed by atoms with Gasteiger partial charge in [-0.3, -0.25) is 9.52 Å². The molecule has 202 valence electrons. The molecule has 38 heavy (non-hydrogen) atoms. The summed E-state index contributed by atoms with van der Waals surface area (Å²) in [6, 6.07) is 9.03. The van der Waals surface area contributed by atoms with Crippen LogP contribution >= 0.6 is 0 Å². The van der Waals surface area contributed by atoms with Crippen molar-refractivity contribution < 1.29 is 17.9 Å². The van der Waals surface area contributed by atoms with Crippen molar-refractivity contribution in [2.45, 2.75) is 38.6 Å². The van der Waals surface area contributed by atoms with E-state index in [1.807, 2.05) is 22.4 Å². The van der Waals surface area contributed by atoms with Gasteiger partial charge in [0, 0.05) is 38.3 Å². The number of nitrogens with zero attached hydrogens (tertiary/aromatic N) is 6. The second-order valence-electron chi connectivity index (χ2n) is 10.4. The van der Waals surface area contributed by atoms with Crippen LogP contribution in [-0.4, -0.2) is 79.6 Å². The maximum atomic E-state index is 13.9. The Labute approximate surface area is 222 Å². The Morgan fingerprint density at radius 1 is 1.05 bits per heavy atom. The third-order valence-corrected chi connectivity index (χ3v) is 8.07. The number of anilines is 3. The largest absolute Gasteiger partial charge is 0.359 e. The predicted molar refractivity (Wildman–Crippen MR) is 145 cm³/mol. The Morgan fingerprint density at radius 2 is 1.89 bits per heavy atom. The summed E-state index contributed by atoms with van der Waals surface area (Å²) >= 11 is 0. The first-order chi connectivity index (χ1) is 18.3. The molecule has 1 amide bonds. The highest BCUT2D eigenvalue weighted by Crippen LogP contribution is 2.35. The number of fused-ring (bicyclic) bond motifs is 1. The lowest BCUT2D eigenvalue weighted by Gasteiger charge is -2.35. The quantitative estimate of drug-likeness (QED) is 0.509. The molecule has 5 heterocycles. The Morgan fingerprint density at radius 3 is 2.61 bits per heavy atom. The summed E-state index contributed by atoms with van der Waals surface area (Å²) in [7, 11) is -3.54. The summed E-state index contributed by atoms with van der Waals surface area (Å²) < 4.78 is 34.0. The molecule has 3 saturated heterocycles. The molecule has 6 rings (SSSR count). The smallest absolute Gasteiger partial charge is 0.256 e. The van der Waals surface area contributed by atoms with Gasteiger partial charge in [0.05, 0.1) is 35.8 Å². The molecule has 1 atom stereocenters. The van der Waals surface area contributed by atoms with Crippen molar-refractivity contribution in [3.63, 3.8) is 0 Å². The van der Waals surface area contributed by atoms with Crippen LogP contribution in [0, 0.1) is 6.92 Å². The molecule has 3 aliphatic rings. The molecule has 0 unspecified atom stereocenters. The lowest BCUT2D eigenvalue weighted by atomic mass is 9.97. The zero-order valence-corrected chi connectivity index (χ0v) is 22.6. The molecule has 3 aromatic rings. The summed E-state index contributed by atoms with van der Waals surface area (Å²) in [4.78, 5) is 25.1. The van der Waals surface area contributed by atoms with Crippen molar-refractivity contribution in [1.29, 1.82) is 0 Å². The second-order valence-corrected chi connectivity index (χ2v) is 12.1. The summed E-state index contributed by atoms with van der Waals surface area (Å²) in [6.07, 6.45) is 4.88. The van der Waals surface area contributed by atoms with Crippen molar-refractivity contribution in [2.75, 3.05) is 60.3 Å². The van der Waals surface area contributed by atoms with E-state index in [1.165, 1.54) is 0 Å². The first-order valence-electron chi connectivity index (χ1n) is 13.1. The third kappa shape index (κ3) is 4.78. The number of likely N-dealkylation sites (tertiary alicyclic amines) is 1. The van der Waals surface area contributed by atoms with Gasteiger partial charge >= 0.3 is 0 Å². The number of carbonyl (C=O) groups excluding carboxylic acids is 1. The SMILES string of the molecule is Cc1ccc(NS(C)(=O)=O)c(C(=O)N2CCCC[C@H]2c2cc3nc(N4CCC4)cc(N4CCOC4)n3n2)c1. The lowest BCUT2D eigenvalue weighted by Crippen LogP contribution is -2.39. The van der Waals surface area contributed by atoms with Crippen LogP contribution in [0.2, 0.25) is 0 Å². The predicted octanol–water partition coefficient (Wildman–Crippen LogP) is 2.78. The molecule has 1 N–H and O–H groups in total. The topological polar surface area (TPSA) is 112 Å². The number of rotatable bonds is 6. The molecule has 1 aromatic carbocycles. The number of carbonyl (C=O) groups is 1. The lowest BCUT2D eigenvalue weighted by molar-refractivity contribution is 0.0606. The fourth-order valence-electron chi connectivity index (χ4n) is 5.41. The van der Waals surface area contributed by atoms with Crippen LogP contribution in [0.3, 0.4) is 0 Å². The monoisotopic (exact) mass is 539 g/mol. The molecular weight excluding hydrogens is 506 g/mol. The minimum Gasteiger partial charge on any atom is -0.359 e. The molecule has 0 aliphatic carbocycles. The van der Waals surface area contributed by atoms with Crippen molar-refractivity contribution in [3.05, 3.63) is 47.2 Å². The fourth-order valence-corrected chi connectivity index (χ4v) is 5.99. The number of piperidine rings is 1. The minimum atomic E-state index is -3.54. The highest BCUT2D eigenvalue weighted by molar-refractivity contribution is 7.92. The van der Waals surface area contributed by atoms with E-state index in [2.05, 4.69) is 20.6 Å². The third-order valence-electron chi connectivity index (χ3n) is 7.48. The van der Waals surface area contributed by atoms with E-state index in [9.17, 15) is 13.2 Å². The van der Waals surface area contributed by atoms with E-state index in [1.54, 1.807) is 18.2 Å². The maximum absolute atomic E-state index is 13.9. The van der Waals surface area contributed by atoms with Crippen molar-refractivity contribution in [1.82, 2.24) is 19.5 Å². The molecule has 0 saturated carbocycles. The Bertz CT molecular complexity index is 1480. The Kier molecular flexibility index (Phi) is 6.39. The van der Waals surface area contributed by atoms with Gasteiger partial charge in [0.1, 0.15) is 18.4 Å². The number of aromatic nitrogens is 3. The highest BCUT2D eigenvalue weighted by atomic mass is 32.2. The number of hydrogen-bond acceptors (Lipinski definition) is 8. The molecule has 0 bridgehead atoms. The standard InChI is InChI=1S/C26H33N7O4S/c1-18-7-8-20(29-38(2,35)36)19(14-18)26(34)32-11-4-3-6-22(32)21-15-24-27-23(30-9-5-10-30)16-25(33(24)28-21)31-12-13-37-17-31/h7-8,14-16,22,29H,3-6,9-13,17H2,1-2H3/t22-/m0/s1. The second kappa shape index (κ2) is 9.73. The van der Waals surface area contributed by atoms with Gasteiger partial charge in [-0.25, -0.2) is 13.4 Å². The van der Waals surface area contributed by atoms with Crippen LogP contribution in [0.25, 0.3) is 5.65 Å². The maximum Gasteiger partial charge on any atom is 0.256 e. The zero-order valence-electron chi connectivity index (χ0n) is 21.8. The molecule has 0 spiro atoms. The number of amides is 1. The zero-order chi connectivity index (χ0) is 26.4. The number of sulfonamides is 1. The molecule has 12 heteroatoms. The van der Waals surface area contributed by atoms with E-state index in [0.29, 0.717) is 31.1 Å². The first kappa shape index (κ1) is 24.9. The Balaban J connectivity index is 1.39. The van der Waals surface area contributed by atoms with E-state index in [-0.39, 0.29) is 11.9 Å². The molecule has 0 radical (unpaired) electrons. The number of hydrogen-bond donors (Lipinski definition) is 1. The van der Waals surface area contributed by atoms with E-state index >= 15 is 0 Å². The molecule has 3 aliphatic heterocycles. The van der Waals surface area contributed by atoms with Crippen LogP contribution < -0.4 is 14.5 Å². The van der Waals surface area contributed by atoms with Gasteiger partial charge in [-0.15, -0.1) is 0 Å². The van der Waals surface area contributed by atoms with Crippen molar-refractivity contribution in [3.8, 4) is 0 Å². The number of aryl methyl sites for hydroxylation is 1.